The zero-order chi connectivity index (χ0) is 13.1. The van der Waals surface area contributed by atoms with E-state index >= 15 is 0 Å². The van der Waals surface area contributed by atoms with Crippen LogP contribution in [0.2, 0.25) is 0 Å². The average Bonchev–Trinajstić information content (AvgIpc) is 2.58. The number of hydrogen-bond acceptors (Lipinski definition) is 4. The maximum absolute atomic E-state index is 12.3. The fraction of sp³-hybridized carbons (Fsp3) is 0.625. The van der Waals surface area contributed by atoms with Gasteiger partial charge in [-0.3, -0.25) is 4.57 Å². The van der Waals surface area contributed by atoms with E-state index in [1.165, 1.54) is 10.6 Å². The molecule has 1 rings (SSSR count). The minimum Gasteiger partial charge on any atom is -0.270 e. The largest absolute Gasteiger partial charge is 0.405 e. The van der Waals surface area contributed by atoms with Gasteiger partial charge in [0, 0.05) is 12.3 Å². The first-order valence-corrected chi connectivity index (χ1v) is 5.63. The van der Waals surface area contributed by atoms with E-state index in [0.717, 1.165) is 11.8 Å². The molecule has 5 nitrogen and oxygen atoms in total. The zero-order valence-electron chi connectivity index (χ0n) is 8.78. The first-order chi connectivity index (χ1) is 7.90. The van der Waals surface area contributed by atoms with Gasteiger partial charge in [0.15, 0.2) is 11.1 Å². The molecular weight excluding hydrogens is 257 g/mol. The van der Waals surface area contributed by atoms with Crippen molar-refractivity contribution in [3.63, 3.8) is 0 Å². The third-order valence-corrected chi connectivity index (χ3v) is 3.04. The number of alkyl halides is 3. The van der Waals surface area contributed by atoms with Crippen LogP contribution in [0.15, 0.2) is 9.95 Å². The standard InChI is InChI=1S/C8H9F3N4OS/c1-2-15-6(16)13-14-7(15)17-4-5(3-12)8(9,10)11/h5H,2,4H2,1H3,(H,13,16). The Balaban J connectivity index is 2.74. The first-order valence-electron chi connectivity index (χ1n) is 4.64. The molecule has 0 fully saturated rings. The fourth-order valence-corrected chi connectivity index (χ4v) is 2.11. The van der Waals surface area contributed by atoms with Gasteiger partial charge < -0.3 is 0 Å². The fourth-order valence-electron chi connectivity index (χ4n) is 1.06. The third-order valence-electron chi connectivity index (χ3n) is 1.97. The second-order valence-electron chi connectivity index (χ2n) is 3.09. The summed E-state index contributed by atoms with van der Waals surface area (Å²) >= 11 is 0.730. The van der Waals surface area contributed by atoms with Crippen LogP contribution in [0.3, 0.4) is 0 Å². The number of thioether (sulfide) groups is 1. The van der Waals surface area contributed by atoms with Crippen LogP contribution in [0.1, 0.15) is 6.92 Å². The van der Waals surface area contributed by atoms with Crippen molar-refractivity contribution in [1.82, 2.24) is 14.8 Å². The Bertz CT molecular complexity index is 472. The monoisotopic (exact) mass is 266 g/mol. The van der Waals surface area contributed by atoms with Crippen LogP contribution in [0.4, 0.5) is 13.2 Å². The smallest absolute Gasteiger partial charge is 0.270 e. The summed E-state index contributed by atoms with van der Waals surface area (Å²) in [6, 6.07) is 1.19. The lowest BCUT2D eigenvalue weighted by Crippen LogP contribution is -2.24. The van der Waals surface area contributed by atoms with Gasteiger partial charge in [-0.1, -0.05) is 11.8 Å². The Morgan fingerprint density at radius 2 is 2.29 bits per heavy atom. The normalized spacial score (nSPS) is 13.4. The van der Waals surface area contributed by atoms with E-state index in [9.17, 15) is 18.0 Å². The van der Waals surface area contributed by atoms with Crippen molar-refractivity contribution < 1.29 is 13.2 Å². The average molecular weight is 266 g/mol. The van der Waals surface area contributed by atoms with Crippen LogP contribution in [0.25, 0.3) is 0 Å². The summed E-state index contributed by atoms with van der Waals surface area (Å²) < 4.78 is 38.0. The lowest BCUT2D eigenvalue weighted by Gasteiger charge is -2.11. The van der Waals surface area contributed by atoms with Crippen molar-refractivity contribution in [1.29, 1.82) is 5.26 Å². The molecule has 9 heteroatoms. The van der Waals surface area contributed by atoms with Crippen LogP contribution >= 0.6 is 11.8 Å². The van der Waals surface area contributed by atoms with Gasteiger partial charge in [0.2, 0.25) is 0 Å². The van der Waals surface area contributed by atoms with E-state index in [1.54, 1.807) is 6.92 Å². The highest BCUT2D eigenvalue weighted by atomic mass is 32.2. The van der Waals surface area contributed by atoms with E-state index in [1.807, 2.05) is 0 Å². The second kappa shape index (κ2) is 5.27. The number of aromatic nitrogens is 3. The van der Waals surface area contributed by atoms with E-state index in [-0.39, 0.29) is 5.16 Å². The summed E-state index contributed by atoms with van der Waals surface area (Å²) in [5.41, 5.74) is -0.476. The molecule has 1 heterocycles. The molecule has 0 aliphatic rings. The molecule has 0 spiro atoms. The molecule has 0 aliphatic heterocycles. The van der Waals surface area contributed by atoms with Gasteiger partial charge in [-0.25, -0.2) is 9.89 Å². The van der Waals surface area contributed by atoms with Gasteiger partial charge in [-0.2, -0.15) is 18.4 Å². The zero-order valence-corrected chi connectivity index (χ0v) is 9.60. The molecule has 0 bridgehead atoms. The molecule has 0 radical (unpaired) electrons. The summed E-state index contributed by atoms with van der Waals surface area (Å²) in [5, 5.41) is 14.3. The number of nitrogens with one attached hydrogen (secondary N) is 1. The number of nitrogens with zero attached hydrogens (tertiary/aromatic N) is 3. The molecule has 1 unspecified atom stereocenters. The van der Waals surface area contributed by atoms with Gasteiger partial charge >= 0.3 is 11.9 Å². The summed E-state index contributed by atoms with van der Waals surface area (Å²) in [7, 11) is 0. The molecule has 1 atom stereocenters. The number of halogens is 3. The summed E-state index contributed by atoms with van der Waals surface area (Å²) in [6.45, 7) is 1.98. The number of nitriles is 1. The Hall–Kier alpha value is -1.43. The van der Waals surface area contributed by atoms with E-state index in [2.05, 4.69) is 10.2 Å². The molecule has 94 valence electrons. The third kappa shape index (κ3) is 3.26. The lowest BCUT2D eigenvalue weighted by atomic mass is 10.2. The van der Waals surface area contributed by atoms with Gasteiger partial charge in [0.25, 0.3) is 0 Å². The van der Waals surface area contributed by atoms with E-state index in [0.29, 0.717) is 6.54 Å². The lowest BCUT2D eigenvalue weighted by molar-refractivity contribution is -0.152. The second-order valence-corrected chi connectivity index (χ2v) is 4.08. The molecule has 17 heavy (non-hydrogen) atoms. The number of hydrogen-bond donors (Lipinski definition) is 1. The highest BCUT2D eigenvalue weighted by Gasteiger charge is 2.40. The molecule has 1 aromatic heterocycles. The van der Waals surface area contributed by atoms with Crippen molar-refractivity contribution >= 4 is 11.8 Å². The van der Waals surface area contributed by atoms with Crippen LogP contribution in [-0.4, -0.2) is 26.7 Å². The van der Waals surface area contributed by atoms with Crippen molar-refractivity contribution in [2.75, 3.05) is 5.75 Å². The molecule has 0 saturated heterocycles. The van der Waals surface area contributed by atoms with Gasteiger partial charge in [0.1, 0.15) is 0 Å². The Morgan fingerprint density at radius 1 is 1.65 bits per heavy atom. The van der Waals surface area contributed by atoms with Gasteiger partial charge in [-0.05, 0) is 6.92 Å². The maximum Gasteiger partial charge on any atom is 0.405 e. The summed E-state index contributed by atoms with van der Waals surface area (Å²) in [4.78, 5) is 11.1. The quantitative estimate of drug-likeness (QED) is 0.835. The summed E-state index contributed by atoms with van der Waals surface area (Å²) in [5.74, 6) is -2.55. The SMILES string of the molecule is CCn1c(SCC(C#N)C(F)(F)F)n[nH]c1=O. The van der Waals surface area contributed by atoms with Crippen LogP contribution < -0.4 is 5.69 Å². The molecule has 0 saturated carbocycles. The van der Waals surface area contributed by atoms with Gasteiger partial charge in [-0.15, -0.1) is 5.10 Å². The molecule has 0 amide bonds. The molecular formula is C8H9F3N4OS. The highest BCUT2D eigenvalue weighted by molar-refractivity contribution is 7.99. The van der Waals surface area contributed by atoms with Crippen molar-refractivity contribution in [2.45, 2.75) is 24.8 Å². The van der Waals surface area contributed by atoms with E-state index in [4.69, 9.17) is 5.26 Å². The number of aromatic amines is 1. The van der Waals surface area contributed by atoms with Crippen LogP contribution in [-0.2, 0) is 6.54 Å². The predicted octanol–water partition coefficient (Wildman–Crippen LogP) is 1.39. The van der Waals surface area contributed by atoms with Crippen molar-refractivity contribution in [2.24, 2.45) is 5.92 Å². The number of H-pyrrole nitrogens is 1. The van der Waals surface area contributed by atoms with E-state index < -0.39 is 23.5 Å². The van der Waals surface area contributed by atoms with Crippen LogP contribution in [0.5, 0.6) is 0 Å². The summed E-state index contributed by atoms with van der Waals surface area (Å²) in [6.07, 6.45) is -4.56. The molecule has 0 aliphatic carbocycles. The molecule has 0 aromatic carbocycles. The Morgan fingerprint density at radius 3 is 2.76 bits per heavy atom. The number of rotatable bonds is 4. The van der Waals surface area contributed by atoms with Crippen molar-refractivity contribution in [3.05, 3.63) is 10.5 Å². The first kappa shape index (κ1) is 13.6. The van der Waals surface area contributed by atoms with Crippen LogP contribution in [0, 0.1) is 17.2 Å². The van der Waals surface area contributed by atoms with Gasteiger partial charge in [0.05, 0.1) is 6.07 Å². The van der Waals surface area contributed by atoms with Crippen molar-refractivity contribution in [3.8, 4) is 6.07 Å². The minimum atomic E-state index is -4.56. The predicted molar refractivity (Wildman–Crippen MR) is 54.4 cm³/mol. The Labute approximate surface area is 98.6 Å². The maximum atomic E-state index is 12.3. The highest BCUT2D eigenvalue weighted by Crippen LogP contribution is 2.30. The minimum absolute atomic E-state index is 0.155. The molecule has 1 aromatic rings. The Kier molecular flexibility index (Phi) is 4.22. The molecule has 1 N–H and O–H groups in total. The topological polar surface area (TPSA) is 74.5 Å².